The van der Waals surface area contributed by atoms with Gasteiger partial charge in [-0.05, 0) is 6.42 Å². The summed E-state index contributed by atoms with van der Waals surface area (Å²) >= 11 is 0. The summed E-state index contributed by atoms with van der Waals surface area (Å²) in [5.74, 6) is 0.266. The van der Waals surface area contributed by atoms with Crippen LogP contribution in [-0.4, -0.2) is 52.9 Å². The first kappa shape index (κ1) is 22.9. The van der Waals surface area contributed by atoms with Crippen LogP contribution in [0.4, 0.5) is 0 Å². The fourth-order valence-electron chi connectivity index (χ4n) is 3.14. The number of rotatable bonds is 14. The molecule has 0 atom stereocenters. The van der Waals surface area contributed by atoms with Crippen LogP contribution in [0, 0.1) is 5.41 Å². The Hall–Kier alpha value is -0.130. The predicted molar refractivity (Wildman–Crippen MR) is 101 cm³/mol. The van der Waals surface area contributed by atoms with Crippen LogP contribution in [0.25, 0.3) is 0 Å². The van der Waals surface area contributed by atoms with E-state index in [4.69, 9.17) is 0 Å². The third kappa shape index (κ3) is 15.2. The Morgan fingerprint density at radius 2 is 1.35 bits per heavy atom. The van der Waals surface area contributed by atoms with Gasteiger partial charge in [-0.15, -0.1) is 0 Å². The molecule has 0 aromatic rings. The summed E-state index contributed by atoms with van der Waals surface area (Å²) in [4.78, 5) is 0. The lowest BCUT2D eigenvalue weighted by Crippen LogP contribution is -2.47. The molecule has 0 bridgehead atoms. The lowest BCUT2D eigenvalue weighted by atomic mass is 9.93. The molecule has 4 nitrogen and oxygen atoms in total. The van der Waals surface area contributed by atoms with E-state index >= 15 is 0 Å². The van der Waals surface area contributed by atoms with Gasteiger partial charge in [-0.3, -0.25) is 0 Å². The molecular formula is C18H41N2O2S+. The summed E-state index contributed by atoms with van der Waals surface area (Å²) in [6, 6.07) is 0. The van der Waals surface area contributed by atoms with Gasteiger partial charge in [0.15, 0.2) is 0 Å². The van der Waals surface area contributed by atoms with E-state index in [0.717, 1.165) is 30.3 Å². The fourth-order valence-corrected chi connectivity index (χ4v) is 4.48. The van der Waals surface area contributed by atoms with Crippen LogP contribution >= 0.6 is 0 Å². The standard InChI is InChI=1S/C18H41N2O2S/c1-7-8-9-10-11-12-13-14-15-23(21,22)19-16-18(2,3)17-20(4,5)6/h19H,7-17H2,1-6H3/q+1. The summed E-state index contributed by atoms with van der Waals surface area (Å²) in [5.41, 5.74) is -0.0371. The number of sulfonamides is 1. The van der Waals surface area contributed by atoms with Crippen molar-refractivity contribution in [1.82, 2.24) is 4.72 Å². The molecular weight excluding hydrogens is 308 g/mol. The molecule has 0 radical (unpaired) electrons. The van der Waals surface area contributed by atoms with Crippen LogP contribution < -0.4 is 4.72 Å². The van der Waals surface area contributed by atoms with Crippen molar-refractivity contribution in [1.29, 1.82) is 0 Å². The highest BCUT2D eigenvalue weighted by molar-refractivity contribution is 7.89. The van der Waals surface area contributed by atoms with E-state index in [2.05, 4.69) is 46.6 Å². The first-order chi connectivity index (χ1) is 10.5. The van der Waals surface area contributed by atoms with Crippen LogP contribution in [0.2, 0.25) is 0 Å². The highest BCUT2D eigenvalue weighted by Crippen LogP contribution is 2.18. The normalized spacial score (nSPS) is 13.5. The summed E-state index contributed by atoms with van der Waals surface area (Å²) in [6.07, 6.45) is 9.40. The number of nitrogens with zero attached hydrogens (tertiary/aromatic N) is 1. The van der Waals surface area contributed by atoms with Gasteiger partial charge in [-0.1, -0.05) is 65.7 Å². The van der Waals surface area contributed by atoms with Crippen molar-refractivity contribution in [3.63, 3.8) is 0 Å². The van der Waals surface area contributed by atoms with E-state index in [-0.39, 0.29) is 11.2 Å². The van der Waals surface area contributed by atoms with E-state index in [1.807, 2.05) is 0 Å². The van der Waals surface area contributed by atoms with Gasteiger partial charge < -0.3 is 4.48 Å². The second-order valence-electron chi connectivity index (χ2n) is 8.73. The molecule has 0 unspecified atom stereocenters. The first-order valence-electron chi connectivity index (χ1n) is 9.25. The Labute approximate surface area is 145 Å². The van der Waals surface area contributed by atoms with E-state index in [9.17, 15) is 8.42 Å². The molecule has 0 aliphatic heterocycles. The molecule has 0 saturated heterocycles. The molecule has 0 spiro atoms. The quantitative estimate of drug-likeness (QED) is 0.383. The van der Waals surface area contributed by atoms with Crippen molar-refractivity contribution in [3.05, 3.63) is 0 Å². The number of hydrogen-bond acceptors (Lipinski definition) is 2. The molecule has 23 heavy (non-hydrogen) atoms. The Balaban J connectivity index is 3.89. The third-order valence-electron chi connectivity index (χ3n) is 3.94. The Morgan fingerprint density at radius 1 is 0.870 bits per heavy atom. The molecule has 0 aromatic carbocycles. The molecule has 0 heterocycles. The van der Waals surface area contributed by atoms with Gasteiger partial charge in [0.1, 0.15) is 0 Å². The summed E-state index contributed by atoms with van der Waals surface area (Å²) in [6.45, 7) is 7.92. The fraction of sp³-hybridized carbons (Fsp3) is 1.00. The summed E-state index contributed by atoms with van der Waals surface area (Å²) < 4.78 is 27.8. The zero-order valence-electron chi connectivity index (χ0n) is 16.5. The lowest BCUT2D eigenvalue weighted by molar-refractivity contribution is -0.876. The van der Waals surface area contributed by atoms with Crippen LogP contribution in [0.3, 0.4) is 0 Å². The maximum atomic E-state index is 12.1. The van der Waals surface area contributed by atoms with Gasteiger partial charge in [-0.2, -0.15) is 0 Å². The third-order valence-corrected chi connectivity index (χ3v) is 5.35. The molecule has 0 aliphatic carbocycles. The molecule has 5 heteroatoms. The molecule has 0 fully saturated rings. The Kier molecular flexibility index (Phi) is 10.6. The van der Waals surface area contributed by atoms with E-state index < -0.39 is 10.0 Å². The van der Waals surface area contributed by atoms with Crippen LogP contribution in [0.15, 0.2) is 0 Å². The van der Waals surface area contributed by atoms with Gasteiger partial charge in [0.05, 0.1) is 33.4 Å². The second-order valence-corrected chi connectivity index (χ2v) is 10.7. The van der Waals surface area contributed by atoms with Crippen molar-refractivity contribution in [2.45, 2.75) is 72.1 Å². The zero-order chi connectivity index (χ0) is 18.0. The number of quaternary nitrogens is 1. The van der Waals surface area contributed by atoms with Gasteiger partial charge >= 0.3 is 0 Å². The summed E-state index contributed by atoms with van der Waals surface area (Å²) in [5, 5.41) is 0. The topological polar surface area (TPSA) is 46.2 Å². The van der Waals surface area contributed by atoms with Crippen molar-refractivity contribution < 1.29 is 12.9 Å². The molecule has 0 aromatic heterocycles. The monoisotopic (exact) mass is 349 g/mol. The van der Waals surface area contributed by atoms with E-state index in [0.29, 0.717) is 6.54 Å². The minimum absolute atomic E-state index is 0.0371. The van der Waals surface area contributed by atoms with Gasteiger partial charge in [0.2, 0.25) is 10.0 Å². The maximum absolute atomic E-state index is 12.1. The largest absolute Gasteiger partial charge is 0.330 e. The van der Waals surface area contributed by atoms with E-state index in [1.165, 1.54) is 32.1 Å². The zero-order valence-corrected chi connectivity index (χ0v) is 17.3. The number of nitrogens with one attached hydrogen (secondary N) is 1. The van der Waals surface area contributed by atoms with Crippen molar-refractivity contribution >= 4 is 10.0 Å². The van der Waals surface area contributed by atoms with Crippen LogP contribution in [0.5, 0.6) is 0 Å². The first-order valence-corrected chi connectivity index (χ1v) is 10.9. The Morgan fingerprint density at radius 3 is 1.83 bits per heavy atom. The second kappa shape index (κ2) is 10.7. The minimum Gasteiger partial charge on any atom is -0.330 e. The SMILES string of the molecule is CCCCCCCCCCS(=O)(=O)NCC(C)(C)C[N+](C)(C)C. The van der Waals surface area contributed by atoms with Crippen LogP contribution in [-0.2, 0) is 10.0 Å². The smallest absolute Gasteiger partial charge is 0.211 e. The van der Waals surface area contributed by atoms with Crippen LogP contribution in [0.1, 0.15) is 72.1 Å². The van der Waals surface area contributed by atoms with E-state index in [1.54, 1.807) is 0 Å². The van der Waals surface area contributed by atoms with Gasteiger partial charge in [0, 0.05) is 12.0 Å². The van der Waals surface area contributed by atoms with Crippen molar-refractivity contribution in [2.24, 2.45) is 5.41 Å². The molecule has 140 valence electrons. The number of unbranched alkanes of at least 4 members (excludes halogenated alkanes) is 7. The average Bonchev–Trinajstić information content (AvgIpc) is 2.37. The maximum Gasteiger partial charge on any atom is 0.211 e. The lowest BCUT2D eigenvalue weighted by Gasteiger charge is -2.34. The molecule has 0 aliphatic rings. The van der Waals surface area contributed by atoms with Gasteiger partial charge in [0.25, 0.3) is 0 Å². The Bertz CT molecular complexity index is 398. The molecule has 1 N–H and O–H groups in total. The molecule has 0 amide bonds. The molecule has 0 rings (SSSR count). The number of hydrogen-bond donors (Lipinski definition) is 1. The summed E-state index contributed by atoms with van der Waals surface area (Å²) in [7, 11) is 3.28. The highest BCUT2D eigenvalue weighted by Gasteiger charge is 2.27. The van der Waals surface area contributed by atoms with Crippen molar-refractivity contribution in [3.8, 4) is 0 Å². The average molecular weight is 350 g/mol. The van der Waals surface area contributed by atoms with Gasteiger partial charge in [-0.25, -0.2) is 13.1 Å². The predicted octanol–water partition coefficient (Wildman–Crippen LogP) is 3.78. The molecule has 0 saturated carbocycles. The highest BCUT2D eigenvalue weighted by atomic mass is 32.2. The van der Waals surface area contributed by atoms with Crippen molar-refractivity contribution in [2.75, 3.05) is 40.0 Å². The minimum atomic E-state index is -3.13.